The Kier molecular flexibility index (Phi) is 5.51. The molecule has 5 aliphatic rings. The number of rotatable bonds is 1. The lowest BCUT2D eigenvalue weighted by Gasteiger charge is -2.76. The largest absolute Gasteiger partial charge is 0.396 e. The van der Waals surface area contributed by atoms with E-state index in [9.17, 15) is 20.4 Å². The minimum atomic E-state index is -0.693. The van der Waals surface area contributed by atoms with Crippen LogP contribution in [0, 0.1) is 49.7 Å². The Morgan fingerprint density at radius 2 is 1.46 bits per heavy atom. The predicted molar refractivity (Wildman–Crippen MR) is 140 cm³/mol. The quantitative estimate of drug-likeness (QED) is 0.369. The van der Waals surface area contributed by atoms with Crippen molar-refractivity contribution in [3.63, 3.8) is 0 Å². The van der Waals surface area contributed by atoms with Crippen LogP contribution in [-0.2, 0) is 0 Å². The van der Waals surface area contributed by atoms with Crippen molar-refractivity contribution in [2.75, 3.05) is 6.61 Å². The monoisotopic (exact) mass is 488 g/mol. The molecule has 0 aromatic heterocycles. The smallest absolute Gasteiger partial charge is 0.0863 e. The molecule has 4 N–H and O–H groups in total. The molecule has 0 unspecified atom stereocenters. The summed E-state index contributed by atoms with van der Waals surface area (Å²) in [6.07, 6.45) is 8.62. The highest BCUT2D eigenvalue weighted by Crippen LogP contribution is 2.79. The van der Waals surface area contributed by atoms with Gasteiger partial charge in [0, 0.05) is 10.8 Å². The summed E-state index contributed by atoms with van der Waals surface area (Å²) in [6.45, 7) is 18.7. The van der Waals surface area contributed by atoms with Gasteiger partial charge in [-0.05, 0) is 90.3 Å². The molecule has 4 fully saturated rings. The molecule has 11 atom stereocenters. The van der Waals surface area contributed by atoms with E-state index in [2.05, 4.69) is 61.5 Å². The molecular weight excluding hydrogens is 436 g/mol. The molecule has 4 heteroatoms. The van der Waals surface area contributed by atoms with Crippen LogP contribution in [0.25, 0.3) is 0 Å². The molecular formula is C31H52O4. The van der Waals surface area contributed by atoms with E-state index < -0.39 is 23.7 Å². The first-order valence-electron chi connectivity index (χ1n) is 14.3. The van der Waals surface area contributed by atoms with Gasteiger partial charge in [0.2, 0.25) is 0 Å². The van der Waals surface area contributed by atoms with E-state index in [1.807, 2.05) is 0 Å². The minimum absolute atomic E-state index is 0.0436. The van der Waals surface area contributed by atoms with E-state index in [0.29, 0.717) is 5.92 Å². The molecule has 4 nitrogen and oxygen atoms in total. The average molecular weight is 489 g/mol. The van der Waals surface area contributed by atoms with Gasteiger partial charge in [0.05, 0.1) is 24.9 Å². The Bertz CT molecular complexity index is 927. The van der Waals surface area contributed by atoms with E-state index in [1.165, 1.54) is 0 Å². The highest BCUT2D eigenvalue weighted by atomic mass is 16.3. The van der Waals surface area contributed by atoms with Gasteiger partial charge in [0.15, 0.2) is 0 Å². The van der Waals surface area contributed by atoms with Crippen LogP contribution in [0.2, 0.25) is 0 Å². The third-order valence-corrected chi connectivity index (χ3v) is 14.4. The molecule has 35 heavy (non-hydrogen) atoms. The Hall–Kier alpha value is -0.420. The first kappa shape index (κ1) is 26.2. The lowest BCUT2D eigenvalue weighted by atomic mass is 9.29. The van der Waals surface area contributed by atoms with Crippen molar-refractivity contribution in [2.24, 2.45) is 49.7 Å². The number of fused-ring (bicyclic) bond motifs is 7. The zero-order chi connectivity index (χ0) is 26.0. The Labute approximate surface area is 213 Å². The maximum absolute atomic E-state index is 11.4. The summed E-state index contributed by atoms with van der Waals surface area (Å²) < 4.78 is 0. The fourth-order valence-corrected chi connectivity index (χ4v) is 11.1. The van der Waals surface area contributed by atoms with Gasteiger partial charge in [-0.15, -0.1) is 0 Å². The van der Waals surface area contributed by atoms with Crippen LogP contribution in [0.3, 0.4) is 0 Å². The van der Waals surface area contributed by atoms with Crippen LogP contribution in [0.1, 0.15) is 107 Å². The fraction of sp³-hybridized carbons (Fsp3) is 0.935. The molecule has 0 aromatic carbocycles. The standard InChI is InChI=1S/C31H52O4/c1-25(2)17-20-19-9-13-31(8)29(6)12-11-22(33)27(4,18-32)21(29)10-14-30(31,7)28(19,5)16-15-26(20,3)24(35)23(25)34/h9,20-24,32-35H,10-18H2,1-8H3/t20-,21-,22-,23-,24+,26+,27+,28+,29-,30-,31+/m0/s1. The lowest BCUT2D eigenvalue weighted by Crippen LogP contribution is -2.70. The summed E-state index contributed by atoms with van der Waals surface area (Å²) in [5.41, 5.74) is 0.765. The highest BCUT2D eigenvalue weighted by molar-refractivity contribution is 5.36. The van der Waals surface area contributed by atoms with Crippen molar-refractivity contribution in [3.8, 4) is 0 Å². The maximum Gasteiger partial charge on any atom is 0.0863 e. The molecule has 0 spiro atoms. The van der Waals surface area contributed by atoms with E-state index in [-0.39, 0.29) is 45.0 Å². The zero-order valence-electron chi connectivity index (χ0n) is 23.6. The fourth-order valence-electron chi connectivity index (χ4n) is 11.1. The van der Waals surface area contributed by atoms with Crippen LogP contribution in [-0.4, -0.2) is 45.3 Å². The van der Waals surface area contributed by atoms with Crippen molar-refractivity contribution < 1.29 is 20.4 Å². The van der Waals surface area contributed by atoms with E-state index >= 15 is 0 Å². The molecule has 0 heterocycles. The van der Waals surface area contributed by atoms with Gasteiger partial charge >= 0.3 is 0 Å². The summed E-state index contributed by atoms with van der Waals surface area (Å²) in [6, 6.07) is 0. The van der Waals surface area contributed by atoms with Crippen molar-refractivity contribution in [1.82, 2.24) is 0 Å². The second kappa shape index (κ2) is 7.36. The molecule has 5 rings (SSSR count). The number of aliphatic hydroxyl groups excluding tert-OH is 4. The van der Waals surface area contributed by atoms with Crippen molar-refractivity contribution in [3.05, 3.63) is 11.6 Å². The third-order valence-electron chi connectivity index (χ3n) is 14.4. The summed E-state index contributed by atoms with van der Waals surface area (Å²) in [4.78, 5) is 0. The molecule has 200 valence electrons. The van der Waals surface area contributed by atoms with Gasteiger partial charge in [-0.3, -0.25) is 0 Å². The Morgan fingerprint density at radius 3 is 2.09 bits per heavy atom. The van der Waals surface area contributed by atoms with Crippen LogP contribution < -0.4 is 0 Å². The van der Waals surface area contributed by atoms with Crippen molar-refractivity contribution >= 4 is 0 Å². The zero-order valence-corrected chi connectivity index (χ0v) is 23.6. The molecule has 0 saturated heterocycles. The molecule has 0 aromatic rings. The second-order valence-electron chi connectivity index (χ2n) is 15.7. The number of hydrogen-bond acceptors (Lipinski definition) is 4. The summed E-state index contributed by atoms with van der Waals surface area (Å²) in [7, 11) is 0. The van der Waals surface area contributed by atoms with Gasteiger partial charge in [-0.2, -0.15) is 0 Å². The SMILES string of the molecule is CC1(C)C[C@H]2C3=CC[C@@]4(C)[C@@](C)(CC[C@H]5[C@@](C)(CO)[C@@H](O)CC[C@@]54C)[C@]3(C)CC[C@@]2(C)[C@H](O)[C@@H]1O. The van der Waals surface area contributed by atoms with E-state index in [1.54, 1.807) is 5.57 Å². The maximum atomic E-state index is 11.4. The highest BCUT2D eigenvalue weighted by Gasteiger charge is 2.73. The van der Waals surface area contributed by atoms with Crippen LogP contribution in [0.15, 0.2) is 11.6 Å². The van der Waals surface area contributed by atoms with E-state index in [0.717, 1.165) is 51.4 Å². The van der Waals surface area contributed by atoms with Crippen molar-refractivity contribution in [1.29, 1.82) is 0 Å². The number of allylic oxidation sites excluding steroid dienone is 2. The van der Waals surface area contributed by atoms with Crippen LogP contribution >= 0.6 is 0 Å². The lowest BCUT2D eigenvalue weighted by molar-refractivity contribution is -0.262. The predicted octanol–water partition coefficient (Wildman–Crippen LogP) is 5.47. The second-order valence-corrected chi connectivity index (χ2v) is 15.7. The van der Waals surface area contributed by atoms with Gasteiger partial charge < -0.3 is 20.4 Å². The molecule has 0 amide bonds. The number of aliphatic hydroxyl groups is 4. The van der Waals surface area contributed by atoms with Gasteiger partial charge in [-0.1, -0.05) is 67.0 Å². The normalized spacial score (nSPS) is 59.4. The molecule has 4 saturated carbocycles. The molecule has 5 aliphatic carbocycles. The average Bonchev–Trinajstić information content (AvgIpc) is 2.79. The minimum Gasteiger partial charge on any atom is -0.396 e. The van der Waals surface area contributed by atoms with Gasteiger partial charge in [-0.25, -0.2) is 0 Å². The van der Waals surface area contributed by atoms with E-state index in [4.69, 9.17) is 0 Å². The summed E-state index contributed by atoms with van der Waals surface area (Å²) in [5, 5.41) is 43.9. The van der Waals surface area contributed by atoms with Crippen LogP contribution in [0.5, 0.6) is 0 Å². The van der Waals surface area contributed by atoms with Crippen molar-refractivity contribution in [2.45, 2.75) is 125 Å². The summed E-state index contributed by atoms with van der Waals surface area (Å²) >= 11 is 0. The van der Waals surface area contributed by atoms with Gasteiger partial charge in [0.1, 0.15) is 0 Å². The summed E-state index contributed by atoms with van der Waals surface area (Å²) in [5.74, 6) is 0.595. The third kappa shape index (κ3) is 2.79. The van der Waals surface area contributed by atoms with Crippen LogP contribution in [0.4, 0.5) is 0 Å². The number of hydrogen-bond donors (Lipinski definition) is 4. The molecule has 0 aliphatic heterocycles. The molecule has 0 radical (unpaired) electrons. The topological polar surface area (TPSA) is 80.9 Å². The molecule has 0 bridgehead atoms. The Morgan fingerprint density at radius 1 is 0.800 bits per heavy atom. The Balaban J connectivity index is 1.63. The first-order chi connectivity index (χ1) is 16.0. The first-order valence-corrected chi connectivity index (χ1v) is 14.3. The van der Waals surface area contributed by atoms with Gasteiger partial charge in [0.25, 0.3) is 0 Å².